The highest BCUT2D eigenvalue weighted by Crippen LogP contribution is 2.40. The summed E-state index contributed by atoms with van der Waals surface area (Å²) in [5.41, 5.74) is 25.9. The van der Waals surface area contributed by atoms with Gasteiger partial charge in [-0.3, -0.25) is 0 Å². The van der Waals surface area contributed by atoms with Gasteiger partial charge in [0.25, 0.3) is 0 Å². The molecule has 0 fully saturated rings. The van der Waals surface area contributed by atoms with Crippen LogP contribution in [0.25, 0.3) is 5.57 Å². The Morgan fingerprint density at radius 3 is 1.94 bits per heavy atom. The summed E-state index contributed by atoms with van der Waals surface area (Å²) in [7, 11) is -4.87. The summed E-state index contributed by atoms with van der Waals surface area (Å²) in [6.45, 7) is 27.4. The van der Waals surface area contributed by atoms with Crippen molar-refractivity contribution < 1.29 is 18.0 Å². The third-order valence-corrected chi connectivity index (χ3v) is 11.9. The third-order valence-electron chi connectivity index (χ3n) is 11.1. The van der Waals surface area contributed by atoms with Crippen LogP contribution in [0, 0.1) is 68.2 Å². The summed E-state index contributed by atoms with van der Waals surface area (Å²) in [5.74, 6) is 0.248. The first-order valence-corrected chi connectivity index (χ1v) is 19.8. The van der Waals surface area contributed by atoms with Crippen LogP contribution in [0.4, 0.5) is 22.7 Å². The first-order chi connectivity index (χ1) is 24.7. The van der Waals surface area contributed by atoms with Gasteiger partial charge in [0.05, 0.1) is 4.90 Å². The largest absolute Gasteiger partial charge is 0.744 e. The molecule has 5 rings (SSSR count). The molecule has 0 bridgehead atoms. The zero-order valence-electron chi connectivity index (χ0n) is 33.6. The van der Waals surface area contributed by atoms with E-state index in [4.69, 9.17) is 5.73 Å². The van der Waals surface area contributed by atoms with Crippen molar-refractivity contribution in [1.82, 2.24) is 0 Å². The first-order valence-electron chi connectivity index (χ1n) is 18.4. The van der Waals surface area contributed by atoms with Crippen LogP contribution in [0.2, 0.25) is 0 Å². The number of hydrogen-bond acceptors (Lipinski definition) is 5. The van der Waals surface area contributed by atoms with Crippen LogP contribution in [0.5, 0.6) is 0 Å². The van der Waals surface area contributed by atoms with Crippen LogP contribution in [0.15, 0.2) is 76.7 Å². The number of anilines is 3. The van der Waals surface area contributed by atoms with E-state index >= 15 is 0 Å². The highest BCUT2D eigenvalue weighted by molar-refractivity contribution is 7.85. The summed E-state index contributed by atoms with van der Waals surface area (Å²) in [6, 6.07) is 13.7. The molecule has 7 heteroatoms. The minimum atomic E-state index is -4.87. The van der Waals surface area contributed by atoms with E-state index in [9.17, 15) is 13.0 Å². The molecule has 0 saturated heterocycles. The van der Waals surface area contributed by atoms with Gasteiger partial charge in [0.1, 0.15) is 10.1 Å². The Balaban J connectivity index is 1.81. The molecule has 4 N–H and O–H groups in total. The Kier molecular flexibility index (Phi) is 11.1. The van der Waals surface area contributed by atoms with Crippen molar-refractivity contribution in [3.8, 4) is 0 Å². The zero-order chi connectivity index (χ0) is 39.3. The smallest absolute Gasteiger partial charge is 0.210 e. The highest BCUT2D eigenvalue weighted by Gasteiger charge is 2.26. The molecule has 1 aliphatic carbocycles. The average molecular weight is 730 g/mol. The second kappa shape index (κ2) is 15.0. The lowest BCUT2D eigenvalue weighted by Crippen LogP contribution is -2.67. The van der Waals surface area contributed by atoms with Gasteiger partial charge in [-0.2, -0.15) is 0 Å². The molecule has 278 valence electrons. The fourth-order valence-corrected chi connectivity index (χ4v) is 8.17. The highest BCUT2D eigenvalue weighted by atomic mass is 32.2. The van der Waals surface area contributed by atoms with Crippen LogP contribution in [-0.2, 0) is 10.1 Å². The average Bonchev–Trinajstić information content (AvgIpc) is 3.08. The third kappa shape index (κ3) is 7.83. The molecule has 0 atom stereocenters. The zero-order valence-corrected chi connectivity index (χ0v) is 34.5. The second-order valence-corrected chi connectivity index (χ2v) is 16.8. The molecule has 4 aromatic rings. The maximum absolute atomic E-state index is 12.9. The van der Waals surface area contributed by atoms with Crippen molar-refractivity contribution in [2.24, 2.45) is 5.92 Å². The first kappa shape index (κ1) is 39.5. The van der Waals surface area contributed by atoms with Gasteiger partial charge in [0.2, 0.25) is 11.4 Å². The van der Waals surface area contributed by atoms with Crippen molar-refractivity contribution in [2.75, 3.05) is 11.1 Å². The predicted octanol–water partition coefficient (Wildman–Crippen LogP) is 9.62. The molecule has 0 saturated carbocycles. The minimum Gasteiger partial charge on any atom is -0.744 e. The lowest BCUT2D eigenvalue weighted by molar-refractivity contribution is -0.353. The summed E-state index contributed by atoms with van der Waals surface area (Å²) in [6.07, 6.45) is 6.19. The van der Waals surface area contributed by atoms with Crippen molar-refractivity contribution >= 4 is 44.2 Å². The molecule has 0 amide bonds. The number of allylic oxidation sites excluding steroid dienone is 5. The van der Waals surface area contributed by atoms with E-state index < -0.39 is 10.1 Å². The van der Waals surface area contributed by atoms with Crippen LogP contribution in [0.1, 0.15) is 100 Å². The van der Waals surface area contributed by atoms with Gasteiger partial charge in [-0.05, 0) is 178 Å². The lowest BCUT2D eigenvalue weighted by atomic mass is 9.84. The van der Waals surface area contributed by atoms with Crippen molar-refractivity contribution in [2.45, 2.75) is 101 Å². The Labute approximate surface area is 317 Å². The van der Waals surface area contributed by atoms with Crippen LogP contribution < -0.4 is 16.0 Å². The number of benzene rings is 4. The second-order valence-electron chi connectivity index (χ2n) is 15.5. The monoisotopic (exact) mass is 729 g/mol. The van der Waals surface area contributed by atoms with Crippen LogP contribution in [0.3, 0.4) is 0 Å². The molecule has 53 heavy (non-hydrogen) atoms. The summed E-state index contributed by atoms with van der Waals surface area (Å²) >= 11 is 0. The summed E-state index contributed by atoms with van der Waals surface area (Å²) < 4.78 is 38.8. The molecule has 0 unspecified atom stereocenters. The van der Waals surface area contributed by atoms with Gasteiger partial charge >= 0.3 is 0 Å². The van der Waals surface area contributed by atoms with E-state index in [1.807, 2.05) is 12.1 Å². The standard InChI is InChI=1S/C46H55N3O3S/c1-24(2)37-21-35(14-16-41(37)48-45-29(8)18-26(5)31(10)33(45)12)44(39-23-40(47)28(7)20-43(39)53(50,51)52)36-15-17-42(38(22-36)25(3)4)49-46-30(9)19-27(6)32(11)34(46)13/h14-25,48H,47H2,1-13H3,(H,50,51,52). The number of nitrogen functional groups attached to an aromatic ring is 1. The molecule has 4 aromatic carbocycles. The predicted molar refractivity (Wildman–Crippen MR) is 222 cm³/mol. The quantitative estimate of drug-likeness (QED) is 0.124. The van der Waals surface area contributed by atoms with Gasteiger partial charge in [-0.15, -0.1) is 0 Å². The van der Waals surface area contributed by atoms with E-state index in [2.05, 4.69) is 130 Å². The molecule has 0 aliphatic heterocycles. The van der Waals surface area contributed by atoms with Crippen LogP contribution >= 0.6 is 0 Å². The molecular weight excluding hydrogens is 675 g/mol. The molecule has 0 spiro atoms. The molecule has 0 heterocycles. The lowest BCUT2D eigenvalue weighted by Gasteiger charge is -2.24. The number of hydrogen-bond donors (Lipinski definition) is 3. The molecular formula is C46H55N3O3S. The van der Waals surface area contributed by atoms with E-state index in [1.54, 1.807) is 13.0 Å². The van der Waals surface area contributed by atoms with Crippen molar-refractivity contribution in [1.29, 1.82) is 0 Å². The maximum Gasteiger partial charge on any atom is 0.210 e. The van der Waals surface area contributed by atoms with Gasteiger partial charge in [-0.1, -0.05) is 39.8 Å². The molecule has 1 aliphatic rings. The number of aryl methyl sites for hydroxylation is 5. The van der Waals surface area contributed by atoms with Crippen molar-refractivity contribution in [3.05, 3.63) is 139 Å². The fourth-order valence-electron chi connectivity index (χ4n) is 7.42. The van der Waals surface area contributed by atoms with E-state index in [1.165, 1.54) is 39.4 Å². The molecule has 6 nitrogen and oxygen atoms in total. The van der Waals surface area contributed by atoms with Gasteiger partial charge in [-0.25, -0.2) is 13.4 Å². The Morgan fingerprint density at radius 1 is 0.717 bits per heavy atom. The topological polar surface area (TPSA) is 109 Å². The fraction of sp³-hybridized carbons (Fsp3) is 0.326. The van der Waals surface area contributed by atoms with Gasteiger partial charge < -0.3 is 15.6 Å². The Morgan fingerprint density at radius 2 is 1.34 bits per heavy atom. The van der Waals surface area contributed by atoms with Crippen molar-refractivity contribution in [3.63, 3.8) is 0 Å². The summed E-state index contributed by atoms with van der Waals surface area (Å²) in [5, 5.41) is 3.74. The SMILES string of the molecule is Cc1cc(S(=O)(=O)[O-])c(C(=C2C=CC(=[NH+]c3c(C)cc(C)c(C)c3C)C(C(C)C)=C2)c2ccc(Nc3c(C)cc(C)c(C)c3C)c(C(C)C)c2)cc1N. The van der Waals surface area contributed by atoms with E-state index in [-0.39, 0.29) is 22.3 Å². The maximum atomic E-state index is 12.9. The Hall–Kier alpha value is -4.72. The Bertz CT molecular complexity index is 2390. The van der Waals surface area contributed by atoms with E-state index in [0.29, 0.717) is 16.8 Å². The molecule has 0 radical (unpaired) electrons. The van der Waals surface area contributed by atoms with Gasteiger partial charge in [0.15, 0.2) is 0 Å². The molecule has 0 aromatic heterocycles. The number of nitrogens with two attached hydrogens (primary N) is 1. The minimum absolute atomic E-state index is 0.124. The van der Waals surface area contributed by atoms with Gasteiger partial charge in [0, 0.05) is 45.4 Å². The summed E-state index contributed by atoms with van der Waals surface area (Å²) in [4.78, 5) is 3.46. The normalized spacial score (nSPS) is 15.1. The van der Waals surface area contributed by atoms with E-state index in [0.717, 1.165) is 56.2 Å². The van der Waals surface area contributed by atoms with Crippen LogP contribution in [-0.4, -0.2) is 18.7 Å². The number of rotatable bonds is 8. The number of nitrogens with one attached hydrogen (secondary N) is 2.